The van der Waals surface area contributed by atoms with Crippen molar-refractivity contribution in [1.82, 2.24) is 0 Å². The van der Waals surface area contributed by atoms with Crippen molar-refractivity contribution in [3.63, 3.8) is 0 Å². The van der Waals surface area contributed by atoms with Gasteiger partial charge in [0.25, 0.3) is 0 Å². The number of carboxylic acids is 1. The number of benzene rings is 2. The summed E-state index contributed by atoms with van der Waals surface area (Å²) in [6, 6.07) is 12.5. The predicted octanol–water partition coefficient (Wildman–Crippen LogP) is 3.28. The van der Waals surface area contributed by atoms with Crippen molar-refractivity contribution in [2.45, 2.75) is 13.5 Å². The van der Waals surface area contributed by atoms with Gasteiger partial charge in [-0.15, -0.1) is 0 Å². The molecule has 0 spiro atoms. The first-order chi connectivity index (χ1) is 9.60. The van der Waals surface area contributed by atoms with Crippen LogP contribution in [0.3, 0.4) is 0 Å². The number of hydrogen-bond acceptors (Lipinski definition) is 3. The summed E-state index contributed by atoms with van der Waals surface area (Å²) in [4.78, 5) is 11.2. The van der Waals surface area contributed by atoms with Crippen molar-refractivity contribution in [2.24, 2.45) is 0 Å². The van der Waals surface area contributed by atoms with Crippen molar-refractivity contribution < 1.29 is 19.4 Å². The topological polar surface area (TPSA) is 55.8 Å². The molecule has 2 rings (SSSR count). The molecule has 0 fully saturated rings. The van der Waals surface area contributed by atoms with Gasteiger partial charge in [-0.05, 0) is 25.1 Å². The summed E-state index contributed by atoms with van der Waals surface area (Å²) in [6.07, 6.45) is 0. The van der Waals surface area contributed by atoms with Gasteiger partial charge in [-0.3, -0.25) is 0 Å². The van der Waals surface area contributed by atoms with E-state index < -0.39 is 5.97 Å². The van der Waals surface area contributed by atoms with Crippen molar-refractivity contribution in [3.8, 4) is 11.5 Å². The van der Waals surface area contributed by atoms with E-state index in [2.05, 4.69) is 0 Å². The molecule has 0 heterocycles. The van der Waals surface area contributed by atoms with E-state index in [0.717, 1.165) is 5.56 Å². The Hall–Kier alpha value is -2.49. The van der Waals surface area contributed by atoms with E-state index in [1.807, 2.05) is 25.1 Å². The van der Waals surface area contributed by atoms with E-state index >= 15 is 0 Å². The summed E-state index contributed by atoms with van der Waals surface area (Å²) in [5.74, 6) is 0.393. The number of carboxylic acid groups (broad SMARTS) is 1. The fourth-order valence-electron chi connectivity index (χ4n) is 1.87. The molecule has 0 saturated heterocycles. The molecular formula is C16H16O4. The number of carbonyl (C=O) groups is 1. The first kappa shape index (κ1) is 13.9. The van der Waals surface area contributed by atoms with Crippen LogP contribution in [0.15, 0.2) is 42.5 Å². The third-order valence-electron chi connectivity index (χ3n) is 2.93. The second-order valence-electron chi connectivity index (χ2n) is 4.43. The van der Waals surface area contributed by atoms with Crippen LogP contribution < -0.4 is 9.47 Å². The second kappa shape index (κ2) is 6.10. The summed E-state index contributed by atoms with van der Waals surface area (Å²) in [5.41, 5.74) is 1.83. The maximum Gasteiger partial charge on any atom is 0.336 e. The van der Waals surface area contributed by atoms with Crippen LogP contribution in [0.4, 0.5) is 0 Å². The normalized spacial score (nSPS) is 10.1. The van der Waals surface area contributed by atoms with E-state index in [1.165, 1.54) is 0 Å². The van der Waals surface area contributed by atoms with Crippen molar-refractivity contribution in [1.29, 1.82) is 0 Å². The zero-order valence-corrected chi connectivity index (χ0v) is 11.4. The standard InChI is InChI=1S/C16H16O4/c1-11-6-7-12(15(8-11)16(17)18)10-20-14-5-3-4-13(9-14)19-2/h3-9H,10H2,1-2H3,(H,17,18). The molecule has 104 valence electrons. The van der Waals surface area contributed by atoms with Gasteiger partial charge in [0.05, 0.1) is 12.7 Å². The van der Waals surface area contributed by atoms with E-state index in [1.54, 1.807) is 31.4 Å². The number of ether oxygens (including phenoxy) is 2. The molecule has 0 atom stereocenters. The van der Waals surface area contributed by atoms with E-state index in [0.29, 0.717) is 17.1 Å². The van der Waals surface area contributed by atoms with Crippen LogP contribution in [0.1, 0.15) is 21.5 Å². The Morgan fingerprint density at radius 1 is 1.15 bits per heavy atom. The molecule has 2 aromatic rings. The first-order valence-corrected chi connectivity index (χ1v) is 6.20. The Balaban J connectivity index is 2.16. The van der Waals surface area contributed by atoms with Crippen molar-refractivity contribution >= 4 is 5.97 Å². The van der Waals surface area contributed by atoms with Gasteiger partial charge in [0.15, 0.2) is 0 Å². The highest BCUT2D eigenvalue weighted by Gasteiger charge is 2.10. The predicted molar refractivity (Wildman–Crippen MR) is 75.5 cm³/mol. The van der Waals surface area contributed by atoms with Crippen LogP contribution in [-0.4, -0.2) is 18.2 Å². The van der Waals surface area contributed by atoms with E-state index in [-0.39, 0.29) is 12.2 Å². The van der Waals surface area contributed by atoms with Gasteiger partial charge in [0.1, 0.15) is 18.1 Å². The highest BCUT2D eigenvalue weighted by molar-refractivity contribution is 5.89. The maximum absolute atomic E-state index is 11.2. The monoisotopic (exact) mass is 272 g/mol. The first-order valence-electron chi connectivity index (χ1n) is 6.20. The molecular weight excluding hydrogens is 256 g/mol. The van der Waals surface area contributed by atoms with Gasteiger partial charge in [0, 0.05) is 11.6 Å². The fraction of sp³-hybridized carbons (Fsp3) is 0.188. The summed E-state index contributed by atoms with van der Waals surface area (Å²) < 4.78 is 10.7. The average molecular weight is 272 g/mol. The lowest BCUT2D eigenvalue weighted by atomic mass is 10.1. The smallest absolute Gasteiger partial charge is 0.336 e. The number of methoxy groups -OCH3 is 1. The van der Waals surface area contributed by atoms with Crippen LogP contribution in [0.2, 0.25) is 0 Å². The highest BCUT2D eigenvalue weighted by Crippen LogP contribution is 2.21. The molecule has 0 bridgehead atoms. The average Bonchev–Trinajstić information content (AvgIpc) is 2.46. The largest absolute Gasteiger partial charge is 0.497 e. The van der Waals surface area contributed by atoms with Crippen LogP contribution in [0, 0.1) is 6.92 Å². The molecule has 0 unspecified atom stereocenters. The zero-order valence-electron chi connectivity index (χ0n) is 11.4. The zero-order chi connectivity index (χ0) is 14.5. The molecule has 4 nitrogen and oxygen atoms in total. The second-order valence-corrected chi connectivity index (χ2v) is 4.43. The van der Waals surface area contributed by atoms with Gasteiger partial charge < -0.3 is 14.6 Å². The molecule has 0 aromatic heterocycles. The van der Waals surface area contributed by atoms with Gasteiger partial charge in [-0.25, -0.2) is 4.79 Å². The number of aromatic carboxylic acids is 1. The molecule has 1 N–H and O–H groups in total. The molecule has 0 aliphatic carbocycles. The Morgan fingerprint density at radius 2 is 1.90 bits per heavy atom. The molecule has 0 saturated carbocycles. The minimum Gasteiger partial charge on any atom is -0.497 e. The van der Waals surface area contributed by atoms with Crippen LogP contribution >= 0.6 is 0 Å². The Labute approximate surface area is 117 Å². The van der Waals surface area contributed by atoms with Gasteiger partial charge in [0.2, 0.25) is 0 Å². The van der Waals surface area contributed by atoms with Crippen LogP contribution in [0.25, 0.3) is 0 Å². The molecule has 4 heteroatoms. The fourth-order valence-corrected chi connectivity index (χ4v) is 1.87. The van der Waals surface area contributed by atoms with Crippen molar-refractivity contribution in [3.05, 3.63) is 59.2 Å². The number of rotatable bonds is 5. The summed E-state index contributed by atoms with van der Waals surface area (Å²) in [5, 5.41) is 9.19. The molecule has 20 heavy (non-hydrogen) atoms. The lowest BCUT2D eigenvalue weighted by Gasteiger charge is -2.10. The van der Waals surface area contributed by atoms with Gasteiger partial charge in [-0.1, -0.05) is 23.8 Å². The molecule has 0 aliphatic rings. The molecule has 0 amide bonds. The van der Waals surface area contributed by atoms with Crippen LogP contribution in [-0.2, 0) is 6.61 Å². The summed E-state index contributed by atoms with van der Waals surface area (Å²) in [6.45, 7) is 2.06. The van der Waals surface area contributed by atoms with Gasteiger partial charge >= 0.3 is 5.97 Å². The quantitative estimate of drug-likeness (QED) is 0.907. The lowest BCUT2D eigenvalue weighted by Crippen LogP contribution is -2.06. The van der Waals surface area contributed by atoms with E-state index in [4.69, 9.17) is 9.47 Å². The van der Waals surface area contributed by atoms with Crippen molar-refractivity contribution in [2.75, 3.05) is 7.11 Å². The summed E-state index contributed by atoms with van der Waals surface area (Å²) in [7, 11) is 1.58. The SMILES string of the molecule is COc1cccc(OCc2ccc(C)cc2C(=O)O)c1. The third-order valence-corrected chi connectivity index (χ3v) is 2.93. The third kappa shape index (κ3) is 3.29. The lowest BCUT2D eigenvalue weighted by molar-refractivity contribution is 0.0694. The molecule has 0 aliphatic heterocycles. The summed E-state index contributed by atoms with van der Waals surface area (Å²) >= 11 is 0. The number of hydrogen-bond donors (Lipinski definition) is 1. The molecule has 0 radical (unpaired) electrons. The minimum atomic E-state index is -0.946. The van der Waals surface area contributed by atoms with Gasteiger partial charge in [-0.2, -0.15) is 0 Å². The van der Waals surface area contributed by atoms with E-state index in [9.17, 15) is 9.90 Å². The van der Waals surface area contributed by atoms with Crippen LogP contribution in [0.5, 0.6) is 11.5 Å². The highest BCUT2D eigenvalue weighted by atomic mass is 16.5. The Bertz CT molecular complexity index is 620. The maximum atomic E-state index is 11.2. The Morgan fingerprint density at radius 3 is 2.60 bits per heavy atom. The minimum absolute atomic E-state index is 0.203. The number of aryl methyl sites for hydroxylation is 1. The molecule has 2 aromatic carbocycles. The Kier molecular flexibility index (Phi) is 4.25.